The molecular formula is C13H21N5O. The van der Waals surface area contributed by atoms with Gasteiger partial charge in [0.1, 0.15) is 6.04 Å². The molecule has 2 aromatic heterocycles. The van der Waals surface area contributed by atoms with Crippen LogP contribution in [0.5, 0.6) is 0 Å². The average Bonchev–Trinajstić information content (AvgIpc) is 2.98. The number of aryl methyl sites for hydroxylation is 1. The first kappa shape index (κ1) is 13.6. The maximum absolute atomic E-state index is 5.26. The third-order valence-electron chi connectivity index (χ3n) is 2.81. The average molecular weight is 263 g/mol. The number of nitrogens with one attached hydrogen (secondary N) is 1. The van der Waals surface area contributed by atoms with E-state index >= 15 is 0 Å². The predicted molar refractivity (Wildman–Crippen MR) is 72.9 cm³/mol. The Kier molecular flexibility index (Phi) is 4.19. The maximum atomic E-state index is 5.26. The molecule has 0 spiro atoms. The van der Waals surface area contributed by atoms with Crippen LogP contribution in [0.2, 0.25) is 0 Å². The van der Waals surface area contributed by atoms with Crippen LogP contribution in [0.1, 0.15) is 57.8 Å². The van der Waals surface area contributed by atoms with E-state index < -0.39 is 0 Å². The van der Waals surface area contributed by atoms with Gasteiger partial charge in [0, 0.05) is 18.7 Å². The molecule has 0 aromatic carbocycles. The fraction of sp³-hybridized carbons (Fsp3) is 0.615. The van der Waals surface area contributed by atoms with E-state index in [9.17, 15) is 0 Å². The molecule has 0 aliphatic heterocycles. The normalized spacial score (nSPS) is 12.9. The van der Waals surface area contributed by atoms with Gasteiger partial charge in [-0.2, -0.15) is 10.1 Å². The Bertz CT molecular complexity index is 517. The Balaban J connectivity index is 2.00. The molecule has 0 fully saturated rings. The summed E-state index contributed by atoms with van der Waals surface area (Å²) < 4.78 is 7.18. The molecule has 2 rings (SSSR count). The molecule has 0 amide bonds. The third-order valence-corrected chi connectivity index (χ3v) is 2.81. The molecule has 1 atom stereocenters. The lowest BCUT2D eigenvalue weighted by molar-refractivity contribution is 0.361. The van der Waals surface area contributed by atoms with Gasteiger partial charge in [0.05, 0.1) is 11.9 Å². The van der Waals surface area contributed by atoms with Crippen molar-refractivity contribution in [2.24, 2.45) is 0 Å². The lowest BCUT2D eigenvalue weighted by Gasteiger charge is -2.08. The molecule has 2 heterocycles. The van der Waals surface area contributed by atoms with E-state index in [0.29, 0.717) is 5.89 Å². The van der Waals surface area contributed by atoms with E-state index in [0.717, 1.165) is 24.5 Å². The number of nitrogens with zero attached hydrogens (tertiary/aromatic N) is 4. The van der Waals surface area contributed by atoms with Crippen molar-refractivity contribution >= 4 is 5.69 Å². The second-order valence-electron chi connectivity index (χ2n) is 5.00. The van der Waals surface area contributed by atoms with Crippen LogP contribution in [0.25, 0.3) is 0 Å². The summed E-state index contributed by atoms with van der Waals surface area (Å²) in [7, 11) is 0. The van der Waals surface area contributed by atoms with Crippen LogP contribution in [0.15, 0.2) is 16.9 Å². The SMILES string of the molecule is CCCn1cc(N[C@H](C)c2nc(C(C)C)no2)cn1. The second kappa shape index (κ2) is 5.86. The molecule has 19 heavy (non-hydrogen) atoms. The lowest BCUT2D eigenvalue weighted by atomic mass is 10.2. The summed E-state index contributed by atoms with van der Waals surface area (Å²) in [5, 5.41) is 11.5. The fourth-order valence-electron chi connectivity index (χ4n) is 1.76. The third kappa shape index (κ3) is 3.33. The van der Waals surface area contributed by atoms with Crippen molar-refractivity contribution in [1.82, 2.24) is 19.9 Å². The van der Waals surface area contributed by atoms with Crippen molar-refractivity contribution < 1.29 is 4.52 Å². The van der Waals surface area contributed by atoms with E-state index in [2.05, 4.69) is 27.5 Å². The zero-order valence-corrected chi connectivity index (χ0v) is 11.9. The second-order valence-corrected chi connectivity index (χ2v) is 5.00. The summed E-state index contributed by atoms with van der Waals surface area (Å²) in [4.78, 5) is 4.38. The Labute approximate surface area is 113 Å². The van der Waals surface area contributed by atoms with Gasteiger partial charge < -0.3 is 9.84 Å². The van der Waals surface area contributed by atoms with Gasteiger partial charge in [-0.25, -0.2) is 0 Å². The van der Waals surface area contributed by atoms with Gasteiger partial charge in [-0.1, -0.05) is 25.9 Å². The molecule has 0 aliphatic carbocycles. The van der Waals surface area contributed by atoms with Crippen LogP contribution in [0.4, 0.5) is 5.69 Å². The molecule has 0 radical (unpaired) electrons. The van der Waals surface area contributed by atoms with Gasteiger partial charge in [-0.05, 0) is 13.3 Å². The van der Waals surface area contributed by atoms with Crippen LogP contribution in [-0.4, -0.2) is 19.9 Å². The highest BCUT2D eigenvalue weighted by atomic mass is 16.5. The molecule has 0 unspecified atom stereocenters. The first-order chi connectivity index (χ1) is 9.10. The molecule has 2 aromatic rings. The van der Waals surface area contributed by atoms with E-state index in [1.165, 1.54) is 0 Å². The van der Waals surface area contributed by atoms with Gasteiger partial charge in [0.25, 0.3) is 0 Å². The standard InChI is InChI=1S/C13H21N5O/c1-5-6-18-8-11(7-14-18)15-10(4)13-16-12(9(2)3)17-19-13/h7-10,15H,5-6H2,1-4H3/t10-/m1/s1. The zero-order chi connectivity index (χ0) is 13.8. The highest BCUT2D eigenvalue weighted by Gasteiger charge is 2.16. The summed E-state index contributed by atoms with van der Waals surface area (Å²) in [6, 6.07) is -0.0284. The summed E-state index contributed by atoms with van der Waals surface area (Å²) in [6.07, 6.45) is 4.86. The van der Waals surface area contributed by atoms with Crippen LogP contribution in [0.3, 0.4) is 0 Å². The molecule has 0 saturated carbocycles. The monoisotopic (exact) mass is 263 g/mol. The molecule has 104 valence electrons. The van der Waals surface area contributed by atoms with E-state index in [4.69, 9.17) is 4.52 Å². The van der Waals surface area contributed by atoms with Crippen molar-refractivity contribution in [1.29, 1.82) is 0 Å². The Morgan fingerprint density at radius 3 is 2.79 bits per heavy atom. The molecule has 1 N–H and O–H groups in total. The first-order valence-electron chi connectivity index (χ1n) is 6.72. The smallest absolute Gasteiger partial charge is 0.248 e. The Morgan fingerprint density at radius 1 is 1.37 bits per heavy atom. The number of anilines is 1. The van der Waals surface area contributed by atoms with Crippen molar-refractivity contribution in [2.75, 3.05) is 5.32 Å². The Morgan fingerprint density at radius 2 is 2.16 bits per heavy atom. The predicted octanol–water partition coefficient (Wildman–Crippen LogP) is 2.97. The van der Waals surface area contributed by atoms with Gasteiger partial charge in [-0.15, -0.1) is 0 Å². The van der Waals surface area contributed by atoms with Crippen LogP contribution < -0.4 is 5.32 Å². The van der Waals surface area contributed by atoms with Gasteiger partial charge >= 0.3 is 0 Å². The molecule has 6 heteroatoms. The van der Waals surface area contributed by atoms with Crippen LogP contribution >= 0.6 is 0 Å². The number of rotatable bonds is 6. The highest BCUT2D eigenvalue weighted by Crippen LogP contribution is 2.19. The van der Waals surface area contributed by atoms with Gasteiger partial charge in [-0.3, -0.25) is 4.68 Å². The van der Waals surface area contributed by atoms with Crippen molar-refractivity contribution in [3.05, 3.63) is 24.1 Å². The lowest BCUT2D eigenvalue weighted by Crippen LogP contribution is -2.06. The minimum absolute atomic E-state index is 0.0284. The minimum Gasteiger partial charge on any atom is -0.371 e. The van der Waals surface area contributed by atoms with Crippen molar-refractivity contribution in [3.63, 3.8) is 0 Å². The fourth-order valence-corrected chi connectivity index (χ4v) is 1.76. The number of hydrogen-bond acceptors (Lipinski definition) is 5. The quantitative estimate of drug-likeness (QED) is 0.867. The number of hydrogen-bond donors (Lipinski definition) is 1. The molecule has 0 saturated heterocycles. The largest absolute Gasteiger partial charge is 0.371 e. The van der Waals surface area contributed by atoms with Gasteiger partial charge in [0.2, 0.25) is 5.89 Å². The zero-order valence-electron chi connectivity index (χ0n) is 11.9. The van der Waals surface area contributed by atoms with E-state index in [1.807, 2.05) is 37.8 Å². The first-order valence-corrected chi connectivity index (χ1v) is 6.72. The molecule has 0 aliphatic rings. The molecule has 6 nitrogen and oxygen atoms in total. The van der Waals surface area contributed by atoms with E-state index in [-0.39, 0.29) is 12.0 Å². The van der Waals surface area contributed by atoms with Gasteiger partial charge in [0.15, 0.2) is 5.82 Å². The van der Waals surface area contributed by atoms with Crippen LogP contribution in [0, 0.1) is 0 Å². The molecular weight excluding hydrogens is 242 g/mol. The Hall–Kier alpha value is -1.85. The number of aromatic nitrogens is 4. The maximum Gasteiger partial charge on any atom is 0.248 e. The summed E-state index contributed by atoms with van der Waals surface area (Å²) >= 11 is 0. The molecule has 0 bridgehead atoms. The summed E-state index contributed by atoms with van der Waals surface area (Å²) in [6.45, 7) is 9.13. The van der Waals surface area contributed by atoms with Crippen molar-refractivity contribution in [3.8, 4) is 0 Å². The van der Waals surface area contributed by atoms with Crippen LogP contribution in [-0.2, 0) is 6.54 Å². The van der Waals surface area contributed by atoms with Crippen molar-refractivity contribution in [2.45, 2.75) is 52.6 Å². The minimum atomic E-state index is -0.0284. The summed E-state index contributed by atoms with van der Waals surface area (Å²) in [5.74, 6) is 1.62. The van der Waals surface area contributed by atoms with E-state index in [1.54, 1.807) is 0 Å². The summed E-state index contributed by atoms with van der Waals surface area (Å²) in [5.41, 5.74) is 0.963. The topological polar surface area (TPSA) is 68.8 Å². The highest BCUT2D eigenvalue weighted by molar-refractivity contribution is 5.39.